The minimum atomic E-state index is -3.45. The van der Waals surface area contributed by atoms with Crippen LogP contribution in [0.25, 0.3) is 0 Å². The van der Waals surface area contributed by atoms with Gasteiger partial charge >= 0.3 is 7.60 Å². The molecule has 106 valence electrons. The van der Waals surface area contributed by atoms with E-state index in [2.05, 4.69) is 0 Å². The highest BCUT2D eigenvalue weighted by molar-refractivity contribution is 7.55. The SMILES string of the molecule is CCOP(=O)(CC(=O)c1c(Cl)cccc1Cl)OCC. The molecule has 1 rings (SSSR count). The molecule has 0 saturated carbocycles. The Labute approximate surface area is 122 Å². The fraction of sp³-hybridized carbons (Fsp3) is 0.417. The summed E-state index contributed by atoms with van der Waals surface area (Å²) in [5, 5.41) is 0.439. The first-order chi connectivity index (χ1) is 8.93. The van der Waals surface area contributed by atoms with Crippen LogP contribution in [0.3, 0.4) is 0 Å². The topological polar surface area (TPSA) is 52.6 Å². The first-order valence-electron chi connectivity index (χ1n) is 5.79. The van der Waals surface area contributed by atoms with Crippen molar-refractivity contribution in [1.82, 2.24) is 0 Å². The van der Waals surface area contributed by atoms with E-state index in [-0.39, 0.29) is 35.0 Å². The third-order valence-corrected chi connectivity index (χ3v) is 4.84. The van der Waals surface area contributed by atoms with E-state index in [1.807, 2.05) is 0 Å². The molecule has 0 unspecified atom stereocenters. The molecule has 0 aliphatic carbocycles. The van der Waals surface area contributed by atoms with E-state index in [9.17, 15) is 9.36 Å². The third-order valence-electron chi connectivity index (χ3n) is 2.23. The van der Waals surface area contributed by atoms with E-state index in [4.69, 9.17) is 32.2 Å². The molecule has 0 bridgehead atoms. The summed E-state index contributed by atoms with van der Waals surface area (Å²) in [5.41, 5.74) is 0.144. The first kappa shape index (κ1) is 16.7. The van der Waals surface area contributed by atoms with Gasteiger partial charge in [-0.15, -0.1) is 0 Å². The molecule has 0 fully saturated rings. The molecule has 0 amide bonds. The molecule has 0 aliphatic heterocycles. The molecule has 0 N–H and O–H groups in total. The highest BCUT2D eigenvalue weighted by atomic mass is 35.5. The Kier molecular flexibility index (Phi) is 6.51. The summed E-state index contributed by atoms with van der Waals surface area (Å²) in [6, 6.07) is 4.73. The number of Topliss-reactive ketones (excluding diaryl/α,β-unsaturated/α-hetero) is 1. The second-order valence-electron chi connectivity index (χ2n) is 3.62. The number of halogens is 2. The van der Waals surface area contributed by atoms with Gasteiger partial charge in [-0.25, -0.2) is 0 Å². The Morgan fingerprint density at radius 1 is 1.16 bits per heavy atom. The minimum Gasteiger partial charge on any atom is -0.309 e. The van der Waals surface area contributed by atoms with Crippen LogP contribution in [-0.4, -0.2) is 25.2 Å². The number of carbonyl (C=O) groups excluding carboxylic acids is 1. The average Bonchev–Trinajstić information content (AvgIpc) is 2.28. The molecule has 0 aliphatic rings. The molecule has 7 heteroatoms. The zero-order chi connectivity index (χ0) is 14.5. The van der Waals surface area contributed by atoms with Gasteiger partial charge < -0.3 is 9.05 Å². The van der Waals surface area contributed by atoms with Gasteiger partial charge in [-0.1, -0.05) is 29.3 Å². The molecule has 0 saturated heterocycles. The van der Waals surface area contributed by atoms with Crippen LogP contribution < -0.4 is 0 Å². The summed E-state index contributed by atoms with van der Waals surface area (Å²) in [6.45, 7) is 3.75. The van der Waals surface area contributed by atoms with E-state index in [0.29, 0.717) is 0 Å². The molecule has 19 heavy (non-hydrogen) atoms. The third kappa shape index (κ3) is 4.59. The van der Waals surface area contributed by atoms with Crippen LogP contribution >= 0.6 is 30.8 Å². The van der Waals surface area contributed by atoms with E-state index in [1.54, 1.807) is 32.0 Å². The molecule has 0 spiro atoms. The zero-order valence-corrected chi connectivity index (χ0v) is 13.1. The lowest BCUT2D eigenvalue weighted by Crippen LogP contribution is -2.11. The molecule has 0 radical (unpaired) electrons. The molecular weight excluding hydrogens is 310 g/mol. The predicted octanol–water partition coefficient (Wildman–Crippen LogP) is 4.44. The maximum absolute atomic E-state index is 12.3. The highest BCUT2D eigenvalue weighted by Crippen LogP contribution is 2.48. The van der Waals surface area contributed by atoms with E-state index in [0.717, 1.165) is 0 Å². The van der Waals surface area contributed by atoms with Crippen molar-refractivity contribution in [3.63, 3.8) is 0 Å². The van der Waals surface area contributed by atoms with Crippen molar-refractivity contribution in [2.24, 2.45) is 0 Å². The first-order valence-corrected chi connectivity index (χ1v) is 8.27. The Balaban J connectivity index is 2.98. The van der Waals surface area contributed by atoms with Crippen molar-refractivity contribution in [1.29, 1.82) is 0 Å². The summed E-state index contributed by atoms with van der Waals surface area (Å²) in [5.74, 6) is -0.458. The Morgan fingerprint density at radius 3 is 2.05 bits per heavy atom. The number of carbonyl (C=O) groups is 1. The van der Waals surface area contributed by atoms with Crippen molar-refractivity contribution in [3.05, 3.63) is 33.8 Å². The van der Waals surface area contributed by atoms with Gasteiger partial charge in [0.25, 0.3) is 0 Å². The molecule has 0 atom stereocenters. The fourth-order valence-electron chi connectivity index (χ4n) is 1.54. The van der Waals surface area contributed by atoms with Crippen LogP contribution in [0.15, 0.2) is 18.2 Å². The summed E-state index contributed by atoms with van der Waals surface area (Å²) in [6.07, 6.45) is -0.377. The summed E-state index contributed by atoms with van der Waals surface area (Å²) < 4.78 is 22.4. The molecule has 0 aromatic heterocycles. The number of hydrogen-bond donors (Lipinski definition) is 0. The van der Waals surface area contributed by atoms with Crippen LogP contribution in [0.5, 0.6) is 0 Å². The van der Waals surface area contributed by atoms with Crippen molar-refractivity contribution in [2.75, 3.05) is 19.4 Å². The van der Waals surface area contributed by atoms with Crippen molar-refractivity contribution in [2.45, 2.75) is 13.8 Å². The van der Waals surface area contributed by atoms with Crippen LogP contribution in [0.1, 0.15) is 24.2 Å². The second-order valence-corrected chi connectivity index (χ2v) is 6.49. The lowest BCUT2D eigenvalue weighted by molar-refractivity contribution is 0.100. The molecule has 1 aromatic carbocycles. The van der Waals surface area contributed by atoms with Crippen LogP contribution in [-0.2, 0) is 13.6 Å². The standard InChI is InChI=1S/C12H15Cl2O4P/c1-3-17-19(16,18-4-2)8-11(15)12-9(13)6-5-7-10(12)14/h5-7H,3-4,8H2,1-2H3. The number of hydrogen-bond acceptors (Lipinski definition) is 4. The Hall–Kier alpha value is -0.380. The van der Waals surface area contributed by atoms with Crippen LogP contribution in [0.4, 0.5) is 0 Å². The molecule has 0 heterocycles. The quantitative estimate of drug-likeness (QED) is 0.549. The van der Waals surface area contributed by atoms with Crippen LogP contribution in [0.2, 0.25) is 10.0 Å². The lowest BCUT2D eigenvalue weighted by atomic mass is 10.1. The largest absolute Gasteiger partial charge is 0.338 e. The molecule has 1 aromatic rings. The predicted molar refractivity (Wildman–Crippen MR) is 76.5 cm³/mol. The fourth-order valence-corrected chi connectivity index (χ4v) is 3.70. The van der Waals surface area contributed by atoms with Gasteiger partial charge in [0.15, 0.2) is 5.78 Å². The van der Waals surface area contributed by atoms with Crippen molar-refractivity contribution < 1.29 is 18.4 Å². The van der Waals surface area contributed by atoms with E-state index < -0.39 is 13.4 Å². The second kappa shape index (κ2) is 7.41. The summed E-state index contributed by atoms with van der Waals surface area (Å²) in [4.78, 5) is 12.2. The Morgan fingerprint density at radius 2 is 1.63 bits per heavy atom. The maximum Gasteiger partial charge on any atom is 0.338 e. The highest BCUT2D eigenvalue weighted by Gasteiger charge is 2.29. The summed E-state index contributed by atoms with van der Waals surface area (Å²) in [7, 11) is -3.45. The lowest BCUT2D eigenvalue weighted by Gasteiger charge is -2.16. The van der Waals surface area contributed by atoms with Gasteiger partial charge in [-0.3, -0.25) is 9.36 Å². The Bertz CT molecular complexity index is 474. The van der Waals surface area contributed by atoms with E-state index >= 15 is 0 Å². The van der Waals surface area contributed by atoms with E-state index in [1.165, 1.54) is 0 Å². The summed E-state index contributed by atoms with van der Waals surface area (Å²) >= 11 is 11.9. The van der Waals surface area contributed by atoms with Crippen molar-refractivity contribution in [3.8, 4) is 0 Å². The van der Waals surface area contributed by atoms with Crippen LogP contribution in [0, 0.1) is 0 Å². The van der Waals surface area contributed by atoms with Gasteiger partial charge in [0.1, 0.15) is 6.16 Å². The number of rotatable bonds is 7. The van der Waals surface area contributed by atoms with Crippen molar-refractivity contribution >= 4 is 36.6 Å². The van der Waals surface area contributed by atoms with Gasteiger partial charge in [0, 0.05) is 0 Å². The average molecular weight is 325 g/mol. The smallest absolute Gasteiger partial charge is 0.309 e. The molecule has 4 nitrogen and oxygen atoms in total. The monoisotopic (exact) mass is 324 g/mol. The van der Waals surface area contributed by atoms with Gasteiger partial charge in [-0.2, -0.15) is 0 Å². The normalized spacial score (nSPS) is 11.6. The minimum absolute atomic E-state index is 0.144. The van der Waals surface area contributed by atoms with Gasteiger partial charge in [0.05, 0.1) is 28.8 Å². The van der Waals surface area contributed by atoms with Gasteiger partial charge in [0.2, 0.25) is 0 Å². The molecular formula is C12H15Cl2O4P. The zero-order valence-electron chi connectivity index (χ0n) is 10.7. The number of benzene rings is 1. The maximum atomic E-state index is 12.3. The van der Waals surface area contributed by atoms with Gasteiger partial charge in [-0.05, 0) is 26.0 Å². The number of ketones is 1.